The number of hydrogen-bond acceptors (Lipinski definition) is 2. The van der Waals surface area contributed by atoms with Crippen LogP contribution in [0.3, 0.4) is 0 Å². The molecule has 1 saturated heterocycles. The van der Waals surface area contributed by atoms with Crippen LogP contribution in [-0.2, 0) is 0 Å². The van der Waals surface area contributed by atoms with Crippen molar-refractivity contribution in [3.8, 4) is 0 Å². The molecule has 0 amide bonds. The molecule has 1 aliphatic rings. The minimum atomic E-state index is 0.294. The molecule has 74 valence electrons. The Morgan fingerprint density at radius 1 is 1.33 bits per heavy atom. The molecule has 0 radical (unpaired) electrons. The van der Waals surface area contributed by atoms with Crippen LogP contribution in [0, 0.1) is 0 Å². The Labute approximate surface area is 74.9 Å². The first kappa shape index (κ1) is 11.8. The Morgan fingerprint density at radius 3 is 2.00 bits per heavy atom. The molecule has 1 heterocycles. The Morgan fingerprint density at radius 2 is 1.92 bits per heavy atom. The Bertz CT molecular complexity index is 72.9. The molecular formula is C8H23N3O+2. The first-order chi connectivity index (χ1) is 5.77. The largest absolute Gasteiger partial charge is 0.391 e. The van der Waals surface area contributed by atoms with Crippen molar-refractivity contribution in [2.45, 2.75) is 0 Å². The molecular weight excluding hydrogens is 154 g/mol. The topological polar surface area (TPSA) is 53.3 Å². The molecule has 4 heteroatoms. The normalized spacial score (nSPS) is 17.0. The lowest BCUT2D eigenvalue weighted by molar-refractivity contribution is -0.858. The number of nitrogens with one attached hydrogen (secondary N) is 2. The summed E-state index contributed by atoms with van der Waals surface area (Å²) in [5, 5.41) is 13.8. The van der Waals surface area contributed by atoms with Gasteiger partial charge in [0.05, 0.1) is 33.8 Å². The molecule has 4 nitrogen and oxygen atoms in total. The standard InChI is InChI=1S/C4H10N2.C4H11NO/c1-2-6-4-3-5-1;1-5(2)3-4-6/h5-6H,1-4H2;6H,3-4H2,1-2H3/p+2. The van der Waals surface area contributed by atoms with Crippen molar-refractivity contribution in [3.05, 3.63) is 0 Å². The molecule has 0 unspecified atom stereocenters. The first-order valence-electron chi connectivity index (χ1n) is 4.69. The molecule has 5 N–H and O–H groups in total. The van der Waals surface area contributed by atoms with E-state index >= 15 is 0 Å². The highest BCUT2D eigenvalue weighted by Gasteiger charge is 1.95. The molecule has 0 atom stereocenters. The second-order valence-corrected chi connectivity index (χ2v) is 3.30. The predicted molar refractivity (Wildman–Crippen MR) is 49.3 cm³/mol. The van der Waals surface area contributed by atoms with Crippen LogP contribution in [-0.4, -0.2) is 58.5 Å². The van der Waals surface area contributed by atoms with Crippen molar-refractivity contribution in [3.63, 3.8) is 0 Å². The van der Waals surface area contributed by atoms with Crippen molar-refractivity contribution in [2.75, 3.05) is 53.4 Å². The van der Waals surface area contributed by atoms with Crippen molar-refractivity contribution in [2.24, 2.45) is 0 Å². The van der Waals surface area contributed by atoms with Gasteiger partial charge in [-0.1, -0.05) is 0 Å². The predicted octanol–water partition coefficient (Wildman–Crippen LogP) is -3.72. The van der Waals surface area contributed by atoms with Crippen molar-refractivity contribution >= 4 is 0 Å². The third-order valence-electron chi connectivity index (χ3n) is 1.66. The zero-order chi connectivity index (χ0) is 9.23. The summed E-state index contributed by atoms with van der Waals surface area (Å²) < 4.78 is 0. The van der Waals surface area contributed by atoms with Gasteiger partial charge in [-0.3, -0.25) is 0 Å². The summed E-state index contributed by atoms with van der Waals surface area (Å²) >= 11 is 0. The second-order valence-electron chi connectivity index (χ2n) is 3.30. The molecule has 0 aliphatic carbocycles. The minimum absolute atomic E-state index is 0.294. The molecule has 0 saturated carbocycles. The molecule has 0 spiro atoms. The second kappa shape index (κ2) is 8.93. The Hall–Kier alpha value is -0.160. The quantitative estimate of drug-likeness (QED) is 0.351. The van der Waals surface area contributed by atoms with Gasteiger partial charge in [0.15, 0.2) is 0 Å². The average molecular weight is 177 g/mol. The fraction of sp³-hybridized carbons (Fsp3) is 1.00. The van der Waals surface area contributed by atoms with Gasteiger partial charge in [-0.2, -0.15) is 0 Å². The Balaban J connectivity index is 0.000000202. The van der Waals surface area contributed by atoms with E-state index in [-0.39, 0.29) is 0 Å². The summed E-state index contributed by atoms with van der Waals surface area (Å²) in [5.74, 6) is 0. The van der Waals surface area contributed by atoms with Crippen molar-refractivity contribution in [1.82, 2.24) is 5.32 Å². The third-order valence-corrected chi connectivity index (χ3v) is 1.66. The minimum Gasteiger partial charge on any atom is -0.391 e. The molecule has 12 heavy (non-hydrogen) atoms. The molecule has 1 rings (SSSR count). The zero-order valence-electron chi connectivity index (χ0n) is 8.27. The number of piperazine rings is 1. The molecule has 0 aromatic heterocycles. The van der Waals surface area contributed by atoms with E-state index in [1.807, 2.05) is 14.1 Å². The SMILES string of the molecule is C1C[NH2+]CCN1.C[NH+](C)CCO. The van der Waals surface area contributed by atoms with E-state index in [9.17, 15) is 0 Å². The average Bonchev–Trinajstić information content (AvgIpc) is 2.08. The van der Waals surface area contributed by atoms with E-state index in [4.69, 9.17) is 5.11 Å². The highest BCUT2D eigenvalue weighted by atomic mass is 16.3. The van der Waals surface area contributed by atoms with E-state index in [1.165, 1.54) is 31.1 Å². The summed E-state index contributed by atoms with van der Waals surface area (Å²) in [7, 11) is 4.02. The van der Waals surface area contributed by atoms with Crippen LogP contribution in [0.2, 0.25) is 0 Å². The van der Waals surface area contributed by atoms with Gasteiger partial charge in [0.25, 0.3) is 0 Å². The monoisotopic (exact) mass is 177 g/mol. The van der Waals surface area contributed by atoms with Gasteiger partial charge in [-0.25, -0.2) is 0 Å². The number of hydrogen-bond donors (Lipinski definition) is 4. The molecule has 0 bridgehead atoms. The highest BCUT2D eigenvalue weighted by molar-refractivity contribution is 4.44. The van der Waals surface area contributed by atoms with Crippen LogP contribution in [0.25, 0.3) is 0 Å². The van der Waals surface area contributed by atoms with Crippen LogP contribution in [0.5, 0.6) is 0 Å². The molecule has 0 aromatic rings. The summed E-state index contributed by atoms with van der Waals surface area (Å²) in [5.41, 5.74) is 0. The van der Waals surface area contributed by atoms with Gasteiger partial charge < -0.3 is 20.6 Å². The highest BCUT2D eigenvalue weighted by Crippen LogP contribution is 1.54. The summed E-state index contributed by atoms with van der Waals surface area (Å²) in [6.07, 6.45) is 0. The number of rotatable bonds is 2. The van der Waals surface area contributed by atoms with Gasteiger partial charge >= 0.3 is 0 Å². The summed E-state index contributed by atoms with van der Waals surface area (Å²) in [6, 6.07) is 0. The van der Waals surface area contributed by atoms with Crippen LogP contribution in [0.15, 0.2) is 0 Å². The Kier molecular flexibility index (Phi) is 8.81. The lowest BCUT2D eigenvalue weighted by Gasteiger charge is -2.07. The van der Waals surface area contributed by atoms with Gasteiger partial charge in [-0.05, 0) is 0 Å². The lowest BCUT2D eigenvalue weighted by atomic mass is 10.4. The zero-order valence-corrected chi connectivity index (χ0v) is 8.27. The van der Waals surface area contributed by atoms with E-state index in [0.29, 0.717) is 6.61 Å². The summed E-state index contributed by atoms with van der Waals surface area (Å²) in [6.45, 7) is 6.06. The van der Waals surface area contributed by atoms with Gasteiger partial charge in [0.2, 0.25) is 0 Å². The maximum atomic E-state index is 8.22. The number of likely N-dealkylation sites (N-methyl/N-ethyl adjacent to an activating group) is 1. The summed E-state index contributed by atoms with van der Waals surface area (Å²) in [4.78, 5) is 1.29. The van der Waals surface area contributed by atoms with E-state index < -0.39 is 0 Å². The van der Waals surface area contributed by atoms with E-state index in [2.05, 4.69) is 10.6 Å². The van der Waals surface area contributed by atoms with Crippen molar-refractivity contribution < 1.29 is 15.3 Å². The number of aliphatic hydroxyl groups is 1. The lowest BCUT2D eigenvalue weighted by Crippen LogP contribution is -3.06. The first-order valence-corrected chi connectivity index (χ1v) is 4.69. The van der Waals surface area contributed by atoms with Crippen LogP contribution in [0.4, 0.5) is 0 Å². The fourth-order valence-corrected chi connectivity index (χ4v) is 0.901. The molecule has 1 aliphatic heterocycles. The number of quaternary nitrogens is 2. The maximum absolute atomic E-state index is 8.22. The van der Waals surface area contributed by atoms with E-state index in [0.717, 1.165) is 6.54 Å². The van der Waals surface area contributed by atoms with E-state index in [1.54, 1.807) is 0 Å². The molecule has 0 aromatic carbocycles. The van der Waals surface area contributed by atoms with Crippen LogP contribution in [0.1, 0.15) is 0 Å². The van der Waals surface area contributed by atoms with Gasteiger partial charge in [0, 0.05) is 13.1 Å². The van der Waals surface area contributed by atoms with Gasteiger partial charge in [-0.15, -0.1) is 0 Å². The van der Waals surface area contributed by atoms with Gasteiger partial charge in [0.1, 0.15) is 6.54 Å². The number of nitrogens with two attached hydrogens (primary N) is 1. The maximum Gasteiger partial charge on any atom is 0.100 e. The van der Waals surface area contributed by atoms with Crippen LogP contribution < -0.4 is 15.5 Å². The molecule has 1 fully saturated rings. The number of aliphatic hydroxyl groups excluding tert-OH is 1. The fourth-order valence-electron chi connectivity index (χ4n) is 0.901. The van der Waals surface area contributed by atoms with Crippen LogP contribution >= 0.6 is 0 Å². The third kappa shape index (κ3) is 9.84. The smallest absolute Gasteiger partial charge is 0.100 e. The van der Waals surface area contributed by atoms with Crippen molar-refractivity contribution in [1.29, 1.82) is 0 Å².